The molecule has 0 aliphatic carbocycles. The number of aromatic nitrogens is 2. The average Bonchev–Trinajstić information content (AvgIpc) is 2.85. The van der Waals surface area contributed by atoms with E-state index in [0.717, 1.165) is 35.0 Å². The maximum absolute atomic E-state index is 12.3. The van der Waals surface area contributed by atoms with Crippen molar-refractivity contribution in [3.8, 4) is 5.69 Å². The van der Waals surface area contributed by atoms with E-state index in [-0.39, 0.29) is 11.5 Å². The maximum atomic E-state index is 12.3. The molecule has 1 heterocycles. The van der Waals surface area contributed by atoms with Gasteiger partial charge in [0.25, 0.3) is 5.78 Å². The third-order valence-corrected chi connectivity index (χ3v) is 3.02. The van der Waals surface area contributed by atoms with Gasteiger partial charge in [-0.2, -0.15) is 26.3 Å². The number of halogens is 6. The van der Waals surface area contributed by atoms with Gasteiger partial charge < -0.3 is 5.32 Å². The Morgan fingerprint density at radius 3 is 2.04 bits per heavy atom. The predicted molar refractivity (Wildman–Crippen MR) is 73.4 cm³/mol. The van der Waals surface area contributed by atoms with Gasteiger partial charge in [-0.1, -0.05) is 0 Å². The van der Waals surface area contributed by atoms with Gasteiger partial charge in [-0.3, -0.25) is 9.59 Å². The summed E-state index contributed by atoms with van der Waals surface area (Å²) in [5, 5.41) is 5.30. The Labute approximate surface area is 136 Å². The van der Waals surface area contributed by atoms with Crippen LogP contribution < -0.4 is 5.32 Å². The number of nitrogens with one attached hydrogen (secondary N) is 1. The van der Waals surface area contributed by atoms with E-state index in [2.05, 4.69) is 5.10 Å². The first-order valence-corrected chi connectivity index (χ1v) is 6.56. The van der Waals surface area contributed by atoms with Gasteiger partial charge in [0, 0.05) is 17.3 Å². The summed E-state index contributed by atoms with van der Waals surface area (Å²) in [4.78, 5) is 22.0. The summed E-state index contributed by atoms with van der Waals surface area (Å²) in [5.74, 6) is -4.60. The van der Waals surface area contributed by atoms with Crippen LogP contribution in [0.2, 0.25) is 0 Å². The number of alkyl halides is 6. The van der Waals surface area contributed by atoms with Gasteiger partial charge >= 0.3 is 18.3 Å². The number of nitrogens with zero attached hydrogens (tertiary/aromatic N) is 2. The minimum Gasteiger partial charge on any atom is -0.301 e. The molecule has 2 aromatic rings. The van der Waals surface area contributed by atoms with Crippen molar-refractivity contribution in [2.75, 3.05) is 5.32 Å². The van der Waals surface area contributed by atoms with Crippen LogP contribution in [-0.4, -0.2) is 33.8 Å². The van der Waals surface area contributed by atoms with Crippen molar-refractivity contribution < 1.29 is 35.9 Å². The molecule has 2 rings (SSSR count). The molecule has 1 N–H and O–H groups in total. The van der Waals surface area contributed by atoms with E-state index >= 15 is 0 Å². The van der Waals surface area contributed by atoms with Crippen LogP contribution in [0.3, 0.4) is 0 Å². The van der Waals surface area contributed by atoms with Crippen LogP contribution in [0.5, 0.6) is 0 Å². The second-order valence-electron chi connectivity index (χ2n) is 4.91. The molecule has 0 aliphatic heterocycles. The number of carbonyl (C=O) groups is 2. The number of Topliss-reactive ketones (excluding diaryl/α,β-unsaturated/α-hetero) is 1. The minimum atomic E-state index is -5.09. The fourth-order valence-electron chi connectivity index (χ4n) is 1.90. The molecule has 0 radical (unpaired) electrons. The molecule has 0 saturated heterocycles. The summed E-state index contributed by atoms with van der Waals surface area (Å²) < 4.78 is 74.8. The van der Waals surface area contributed by atoms with E-state index in [9.17, 15) is 35.9 Å². The first-order valence-electron chi connectivity index (χ1n) is 6.56. The highest BCUT2D eigenvalue weighted by molar-refractivity contribution is 6.00. The number of hydrogen-bond donors (Lipinski definition) is 1. The molecule has 0 bridgehead atoms. The molecule has 11 heteroatoms. The van der Waals surface area contributed by atoms with E-state index < -0.39 is 29.6 Å². The van der Waals surface area contributed by atoms with Crippen LogP contribution in [-0.2, 0) is 4.79 Å². The predicted octanol–water partition coefficient (Wildman–Crippen LogP) is 3.43. The molecule has 1 aromatic heterocycles. The molecular formula is C14H9F6N3O2. The zero-order valence-corrected chi connectivity index (χ0v) is 12.4. The first-order chi connectivity index (χ1) is 11.4. The summed E-state index contributed by atoms with van der Waals surface area (Å²) in [6.07, 6.45) is -10.1. The van der Waals surface area contributed by atoms with Gasteiger partial charge in [-0.05, 0) is 31.2 Å². The van der Waals surface area contributed by atoms with Gasteiger partial charge in [0.2, 0.25) is 0 Å². The lowest BCUT2D eigenvalue weighted by atomic mass is 10.1. The van der Waals surface area contributed by atoms with Gasteiger partial charge in [-0.25, -0.2) is 4.68 Å². The van der Waals surface area contributed by atoms with Crippen molar-refractivity contribution in [1.82, 2.24) is 9.78 Å². The van der Waals surface area contributed by atoms with Crippen molar-refractivity contribution in [1.29, 1.82) is 0 Å². The van der Waals surface area contributed by atoms with Crippen molar-refractivity contribution in [3.05, 3.63) is 41.6 Å². The number of amides is 1. The van der Waals surface area contributed by atoms with Crippen molar-refractivity contribution in [3.63, 3.8) is 0 Å². The van der Waals surface area contributed by atoms with Gasteiger partial charge in [0.15, 0.2) is 5.82 Å². The first kappa shape index (κ1) is 18.5. The summed E-state index contributed by atoms with van der Waals surface area (Å²) >= 11 is 0. The molecule has 5 nitrogen and oxygen atoms in total. The standard InChI is InChI=1S/C14H9F6N3O2/c1-7-6-10(21-12(25)14(18,19)20)22-23(7)9-4-2-8(3-5-9)11(24)13(15,16)17/h2-6H,1H3,(H,21,22,25). The average molecular weight is 365 g/mol. The van der Waals surface area contributed by atoms with Crippen LogP contribution >= 0.6 is 0 Å². The number of benzene rings is 1. The molecule has 1 aromatic carbocycles. The lowest BCUT2D eigenvalue weighted by Gasteiger charge is -2.08. The third-order valence-electron chi connectivity index (χ3n) is 3.02. The SMILES string of the molecule is Cc1cc(NC(=O)C(F)(F)F)nn1-c1ccc(C(=O)C(F)(F)F)cc1. The fourth-order valence-corrected chi connectivity index (χ4v) is 1.90. The quantitative estimate of drug-likeness (QED) is 0.670. The lowest BCUT2D eigenvalue weighted by molar-refractivity contribution is -0.167. The van der Waals surface area contributed by atoms with Crippen LogP contribution in [0.4, 0.5) is 32.2 Å². The summed E-state index contributed by atoms with van der Waals surface area (Å²) in [6.45, 7) is 1.46. The zero-order valence-electron chi connectivity index (χ0n) is 12.4. The maximum Gasteiger partial charge on any atom is 0.471 e. The van der Waals surface area contributed by atoms with E-state index in [1.165, 1.54) is 6.92 Å². The minimum absolute atomic E-state index is 0.198. The van der Waals surface area contributed by atoms with Crippen LogP contribution in [0.25, 0.3) is 5.69 Å². The molecule has 0 fully saturated rings. The van der Waals surface area contributed by atoms with Crippen LogP contribution in [0.15, 0.2) is 30.3 Å². The fraction of sp³-hybridized carbons (Fsp3) is 0.214. The largest absolute Gasteiger partial charge is 0.471 e. The van der Waals surface area contributed by atoms with Crippen molar-refractivity contribution >= 4 is 17.5 Å². The molecule has 0 unspecified atom stereocenters. The Balaban J connectivity index is 2.25. The number of carbonyl (C=O) groups excluding carboxylic acids is 2. The summed E-state index contributed by atoms with van der Waals surface area (Å²) in [7, 11) is 0. The molecule has 134 valence electrons. The van der Waals surface area contributed by atoms with E-state index in [0.29, 0.717) is 5.69 Å². The number of hydrogen-bond acceptors (Lipinski definition) is 3. The zero-order chi connectivity index (χ0) is 19.0. The third kappa shape index (κ3) is 4.17. The second-order valence-corrected chi connectivity index (χ2v) is 4.91. The van der Waals surface area contributed by atoms with Crippen molar-refractivity contribution in [2.45, 2.75) is 19.3 Å². The summed E-state index contributed by atoms with van der Waals surface area (Å²) in [6, 6.07) is 5.28. The Hall–Kier alpha value is -2.85. The number of rotatable bonds is 3. The van der Waals surface area contributed by atoms with E-state index in [1.54, 1.807) is 5.32 Å². The van der Waals surface area contributed by atoms with Gasteiger partial charge in [-0.15, -0.1) is 5.10 Å². The number of ketones is 1. The topological polar surface area (TPSA) is 64.0 Å². The Morgan fingerprint density at radius 1 is 1.00 bits per heavy atom. The van der Waals surface area contributed by atoms with E-state index in [1.807, 2.05) is 0 Å². The summed E-state index contributed by atoms with van der Waals surface area (Å²) in [5.41, 5.74) is -0.0808. The van der Waals surface area contributed by atoms with E-state index in [4.69, 9.17) is 0 Å². The highest BCUT2D eigenvalue weighted by Crippen LogP contribution is 2.23. The Kier molecular flexibility index (Phi) is 4.60. The van der Waals surface area contributed by atoms with Crippen LogP contribution in [0, 0.1) is 6.92 Å². The molecule has 25 heavy (non-hydrogen) atoms. The normalized spacial score (nSPS) is 12.1. The van der Waals surface area contributed by atoms with Crippen molar-refractivity contribution in [2.24, 2.45) is 0 Å². The molecule has 0 saturated carbocycles. The smallest absolute Gasteiger partial charge is 0.301 e. The Morgan fingerprint density at radius 2 is 1.56 bits per heavy atom. The van der Waals surface area contributed by atoms with Gasteiger partial charge in [0.05, 0.1) is 5.69 Å². The lowest BCUT2D eigenvalue weighted by Crippen LogP contribution is -2.30. The highest BCUT2D eigenvalue weighted by Gasteiger charge is 2.40. The molecular weight excluding hydrogens is 356 g/mol. The number of aryl methyl sites for hydroxylation is 1. The van der Waals surface area contributed by atoms with Gasteiger partial charge in [0.1, 0.15) is 0 Å². The molecule has 0 spiro atoms. The van der Waals surface area contributed by atoms with Crippen LogP contribution in [0.1, 0.15) is 16.1 Å². The number of anilines is 1. The Bertz CT molecular complexity index is 805. The molecule has 0 atom stereocenters. The monoisotopic (exact) mass is 365 g/mol. The highest BCUT2D eigenvalue weighted by atomic mass is 19.4. The molecule has 1 amide bonds. The second kappa shape index (κ2) is 6.22. The molecule has 0 aliphatic rings.